The third-order valence-corrected chi connectivity index (χ3v) is 11.6. The Morgan fingerprint density at radius 3 is 0.908 bits per heavy atom. The molecule has 0 amide bonds. The normalized spacial score (nSPS) is 11.2. The van der Waals surface area contributed by atoms with Gasteiger partial charge in [0.2, 0.25) is 11.6 Å². The Labute approximate surface area is 367 Å². The fraction of sp³-hybridized carbons (Fsp3) is 0. The second-order valence-electron chi connectivity index (χ2n) is 14.3. The molecule has 0 saturated carbocycles. The van der Waals surface area contributed by atoms with Crippen molar-refractivity contribution in [1.29, 1.82) is 0 Å². The molecule has 0 radical (unpaired) electrons. The zero-order valence-electron chi connectivity index (χ0n) is 33.0. The Balaban J connectivity index is 1.04. The molecular weight excluding hydrogens is 879 g/mol. The van der Waals surface area contributed by atoms with Crippen molar-refractivity contribution in [3.8, 4) is 43.4 Å². The highest BCUT2D eigenvalue weighted by atomic mass is 32.1. The summed E-state index contributed by atoms with van der Waals surface area (Å²) in [4.78, 5) is 11.9. The summed E-state index contributed by atoms with van der Waals surface area (Å²) >= 11 is 1.30. The Kier molecular flexibility index (Phi) is 11.4. The van der Waals surface area contributed by atoms with Gasteiger partial charge in [0.05, 0.1) is 35.2 Å². The lowest BCUT2D eigenvalue weighted by Gasteiger charge is -2.26. The van der Waals surface area contributed by atoms with Gasteiger partial charge in [-0.05, 0) is 71.8 Å². The molecule has 9 aromatic rings. The van der Waals surface area contributed by atoms with Crippen LogP contribution in [0.2, 0.25) is 0 Å². The molecule has 0 aliphatic carbocycles. The molecule has 0 atom stereocenters. The van der Waals surface area contributed by atoms with E-state index in [1.807, 2.05) is 12.1 Å². The van der Waals surface area contributed by atoms with Gasteiger partial charge in [0.1, 0.15) is 11.4 Å². The standard InChI is InChI=1S/C50H26F10N4S/c51-39-41(53)45(57)49(46(58)42(39)54)63(33-19-21-35(61-25-33)27-7-3-1-4-8-27)31-15-11-29(12-16-31)37-23-24-38(65-37)30-13-17-32(18-14-30)64(50-47(59)43(55)40(52)44(56)48(50)60)34-20-22-36(62-26-34)28-9-5-2-6-10-28/h1-26H. The van der Waals surface area contributed by atoms with Crippen LogP contribution < -0.4 is 9.80 Å². The number of rotatable bonds is 10. The van der Waals surface area contributed by atoms with E-state index in [-0.39, 0.29) is 22.7 Å². The number of thiophene rings is 1. The minimum absolute atomic E-state index is 0.00157. The molecule has 0 aliphatic heterocycles. The topological polar surface area (TPSA) is 32.3 Å². The Bertz CT molecular complexity index is 2910. The lowest BCUT2D eigenvalue weighted by molar-refractivity contribution is 0.380. The lowest BCUT2D eigenvalue weighted by Crippen LogP contribution is -2.17. The largest absolute Gasteiger partial charge is 0.304 e. The average Bonchev–Trinajstić information content (AvgIpc) is 3.86. The van der Waals surface area contributed by atoms with Crippen LogP contribution in [0.15, 0.2) is 158 Å². The summed E-state index contributed by atoms with van der Waals surface area (Å²) in [6.45, 7) is 0. The van der Waals surface area contributed by atoms with Gasteiger partial charge in [0.15, 0.2) is 46.5 Å². The zero-order valence-corrected chi connectivity index (χ0v) is 33.8. The second-order valence-corrected chi connectivity index (χ2v) is 15.4. The Morgan fingerprint density at radius 1 is 0.292 bits per heavy atom. The van der Waals surface area contributed by atoms with E-state index in [1.165, 1.54) is 60.1 Å². The number of anilines is 6. The number of hydrogen-bond acceptors (Lipinski definition) is 5. The number of nitrogens with zero attached hydrogens (tertiary/aromatic N) is 4. The first-order chi connectivity index (χ1) is 31.4. The summed E-state index contributed by atoms with van der Waals surface area (Å²) in [5, 5.41) is 0. The molecule has 0 unspecified atom stereocenters. The number of benzene rings is 6. The molecular formula is C50H26F10N4S. The van der Waals surface area contributed by atoms with Gasteiger partial charge in [-0.1, -0.05) is 84.9 Å². The highest BCUT2D eigenvalue weighted by Crippen LogP contribution is 2.44. The highest BCUT2D eigenvalue weighted by Gasteiger charge is 2.33. The number of halogens is 10. The SMILES string of the molecule is Fc1c(F)c(F)c(N(c2ccc(-c3ccc(-c4ccc(N(c5ccc(-c6ccccc6)nc5)c5c(F)c(F)c(F)c(F)c5F)cc4)s3)cc2)c2ccc(-c3ccccc3)nc2)c(F)c1F. The van der Waals surface area contributed by atoms with Crippen molar-refractivity contribution >= 4 is 45.5 Å². The molecule has 0 bridgehead atoms. The fourth-order valence-electron chi connectivity index (χ4n) is 7.19. The number of pyridine rings is 2. The van der Waals surface area contributed by atoms with Gasteiger partial charge >= 0.3 is 0 Å². The number of hydrogen-bond donors (Lipinski definition) is 0. The predicted octanol–water partition coefficient (Wildman–Crippen LogP) is 15.5. The van der Waals surface area contributed by atoms with Crippen LogP contribution in [-0.4, -0.2) is 9.97 Å². The van der Waals surface area contributed by atoms with Gasteiger partial charge in [-0.3, -0.25) is 9.97 Å². The molecule has 6 aromatic carbocycles. The number of aromatic nitrogens is 2. The molecule has 4 nitrogen and oxygen atoms in total. The molecule has 9 rings (SSSR count). The Hall–Kier alpha value is -7.78. The fourth-order valence-corrected chi connectivity index (χ4v) is 8.20. The first kappa shape index (κ1) is 42.5. The van der Waals surface area contributed by atoms with Crippen LogP contribution in [0.3, 0.4) is 0 Å². The first-order valence-corrected chi connectivity index (χ1v) is 20.2. The first-order valence-electron chi connectivity index (χ1n) is 19.4. The van der Waals surface area contributed by atoms with Crippen LogP contribution in [-0.2, 0) is 0 Å². The van der Waals surface area contributed by atoms with Crippen molar-refractivity contribution in [3.05, 3.63) is 216 Å². The van der Waals surface area contributed by atoms with Crippen molar-refractivity contribution in [2.75, 3.05) is 9.80 Å². The van der Waals surface area contributed by atoms with Gasteiger partial charge in [0, 0.05) is 32.3 Å². The third kappa shape index (κ3) is 7.84. The van der Waals surface area contributed by atoms with Crippen LogP contribution in [0.1, 0.15) is 0 Å². The summed E-state index contributed by atoms with van der Waals surface area (Å²) in [6.07, 6.45) is 2.51. The molecule has 0 N–H and O–H groups in total. The molecule has 0 aliphatic rings. The molecule has 0 spiro atoms. The molecule has 0 fully saturated rings. The minimum Gasteiger partial charge on any atom is -0.304 e. The quantitative estimate of drug-likeness (QED) is 0.0778. The summed E-state index contributed by atoms with van der Waals surface area (Å²) < 4.78 is 148. The van der Waals surface area contributed by atoms with Gasteiger partial charge in [-0.2, -0.15) is 0 Å². The van der Waals surface area contributed by atoms with Crippen molar-refractivity contribution in [2.24, 2.45) is 0 Å². The van der Waals surface area contributed by atoms with Crippen molar-refractivity contribution < 1.29 is 43.9 Å². The van der Waals surface area contributed by atoms with E-state index < -0.39 is 69.5 Å². The van der Waals surface area contributed by atoms with E-state index in [9.17, 15) is 26.3 Å². The minimum atomic E-state index is -2.30. The molecule has 3 aromatic heterocycles. The van der Waals surface area contributed by atoms with Crippen molar-refractivity contribution in [1.82, 2.24) is 9.97 Å². The summed E-state index contributed by atoms with van der Waals surface area (Å²) in [7, 11) is 0. The van der Waals surface area contributed by atoms with E-state index in [2.05, 4.69) is 9.97 Å². The molecule has 0 saturated heterocycles. The maximum absolute atomic E-state index is 15.4. The maximum atomic E-state index is 15.4. The summed E-state index contributed by atoms with van der Waals surface area (Å²) in [6, 6.07) is 39.6. The second kappa shape index (κ2) is 17.4. The van der Waals surface area contributed by atoms with E-state index in [1.54, 1.807) is 97.1 Å². The van der Waals surface area contributed by atoms with Crippen LogP contribution in [0, 0.1) is 58.2 Å². The highest BCUT2D eigenvalue weighted by molar-refractivity contribution is 7.18. The maximum Gasteiger partial charge on any atom is 0.200 e. The van der Waals surface area contributed by atoms with Crippen LogP contribution in [0.25, 0.3) is 43.4 Å². The summed E-state index contributed by atoms with van der Waals surface area (Å²) in [5.41, 5.74) is 1.35. The van der Waals surface area contributed by atoms with Gasteiger partial charge in [-0.15, -0.1) is 11.3 Å². The van der Waals surface area contributed by atoms with E-state index in [0.29, 0.717) is 32.3 Å². The lowest BCUT2D eigenvalue weighted by atomic mass is 10.1. The molecule has 65 heavy (non-hydrogen) atoms. The summed E-state index contributed by atoms with van der Waals surface area (Å²) in [5.74, 6) is -21.2. The van der Waals surface area contributed by atoms with E-state index in [0.717, 1.165) is 20.9 Å². The zero-order chi connectivity index (χ0) is 45.5. The van der Waals surface area contributed by atoms with E-state index in [4.69, 9.17) is 0 Å². The average molecular weight is 905 g/mol. The van der Waals surface area contributed by atoms with Crippen molar-refractivity contribution in [3.63, 3.8) is 0 Å². The van der Waals surface area contributed by atoms with Crippen LogP contribution in [0.5, 0.6) is 0 Å². The van der Waals surface area contributed by atoms with Gasteiger partial charge in [-0.25, -0.2) is 43.9 Å². The predicted molar refractivity (Wildman–Crippen MR) is 231 cm³/mol. The van der Waals surface area contributed by atoms with Crippen LogP contribution >= 0.6 is 11.3 Å². The van der Waals surface area contributed by atoms with E-state index >= 15 is 17.6 Å². The monoisotopic (exact) mass is 904 g/mol. The smallest absolute Gasteiger partial charge is 0.200 e. The third-order valence-electron chi connectivity index (χ3n) is 10.4. The molecule has 3 heterocycles. The van der Waals surface area contributed by atoms with Crippen molar-refractivity contribution in [2.45, 2.75) is 0 Å². The Morgan fingerprint density at radius 2 is 0.600 bits per heavy atom. The van der Waals surface area contributed by atoms with Crippen LogP contribution in [0.4, 0.5) is 78.0 Å². The van der Waals surface area contributed by atoms with Gasteiger partial charge < -0.3 is 9.80 Å². The molecule has 15 heteroatoms. The molecule has 322 valence electrons. The van der Waals surface area contributed by atoms with Gasteiger partial charge in [0.25, 0.3) is 0 Å².